The van der Waals surface area contributed by atoms with Crippen molar-refractivity contribution in [2.75, 3.05) is 9.80 Å². The van der Waals surface area contributed by atoms with Gasteiger partial charge in [0.2, 0.25) is 0 Å². The van der Waals surface area contributed by atoms with E-state index in [9.17, 15) is 0 Å². The van der Waals surface area contributed by atoms with Crippen LogP contribution in [-0.2, 0) is 27.1 Å². The van der Waals surface area contributed by atoms with Gasteiger partial charge in [0.25, 0.3) is 6.71 Å². The van der Waals surface area contributed by atoms with E-state index in [0.29, 0.717) is 5.92 Å². The van der Waals surface area contributed by atoms with E-state index in [1.54, 1.807) is 0 Å². The smallest absolute Gasteiger partial charge is 0.264 e. The van der Waals surface area contributed by atoms with Crippen molar-refractivity contribution in [1.29, 1.82) is 0 Å². The second kappa shape index (κ2) is 15.7. The Bertz CT molecular complexity index is 3100. The van der Waals surface area contributed by atoms with Crippen molar-refractivity contribution in [3.8, 4) is 11.1 Å². The Kier molecular flexibility index (Phi) is 10.5. The number of fused-ring (bicyclic) bond motifs is 7. The summed E-state index contributed by atoms with van der Waals surface area (Å²) in [6.07, 6.45) is 8.81. The molecule has 0 saturated heterocycles. The molecular weight excluding hydrogens is 840 g/mol. The van der Waals surface area contributed by atoms with Crippen molar-refractivity contribution >= 4 is 78.0 Å². The summed E-state index contributed by atoms with van der Waals surface area (Å²) in [6, 6.07) is 46.4. The summed E-state index contributed by atoms with van der Waals surface area (Å²) in [5, 5.41) is 1.41. The number of benzene rings is 6. The van der Waals surface area contributed by atoms with Gasteiger partial charge in [-0.05, 0) is 163 Å². The largest absolute Gasteiger partial charge is 0.311 e. The predicted molar refractivity (Wildman–Crippen MR) is 298 cm³/mol. The average Bonchev–Trinajstić information content (AvgIpc) is 3.67. The van der Waals surface area contributed by atoms with Crippen molar-refractivity contribution in [3.63, 3.8) is 0 Å². The average molecular weight is 913 g/mol. The zero-order valence-electron chi connectivity index (χ0n) is 43.4. The summed E-state index contributed by atoms with van der Waals surface area (Å²) in [5.41, 5.74) is 22.2. The van der Waals surface area contributed by atoms with Gasteiger partial charge in [-0.25, -0.2) is 0 Å². The summed E-state index contributed by atoms with van der Waals surface area (Å²) in [6.45, 7) is 31.2. The Balaban J connectivity index is 1.29. The molecule has 2 aliphatic carbocycles. The molecule has 1 saturated carbocycles. The minimum atomic E-state index is -0.0217. The van der Waals surface area contributed by atoms with Gasteiger partial charge in [-0.1, -0.05) is 170 Å². The highest BCUT2D eigenvalue weighted by atomic mass is 32.1. The molecule has 1 aromatic heterocycles. The normalized spacial score (nSPS) is 17.8. The lowest BCUT2D eigenvalue weighted by Gasteiger charge is -2.45. The number of rotatable bonds is 4. The second-order valence-corrected chi connectivity index (χ2v) is 26.6. The van der Waals surface area contributed by atoms with Gasteiger partial charge in [-0.15, -0.1) is 11.3 Å². The molecule has 2 aliphatic heterocycles. The molecule has 348 valence electrons. The number of nitrogens with zero attached hydrogens (tertiary/aromatic N) is 2. The lowest BCUT2D eigenvalue weighted by Crippen LogP contribution is -2.60. The summed E-state index contributed by atoms with van der Waals surface area (Å²) < 4.78 is 2.88. The van der Waals surface area contributed by atoms with E-state index >= 15 is 0 Å². The van der Waals surface area contributed by atoms with E-state index in [1.807, 2.05) is 0 Å². The van der Waals surface area contributed by atoms with Gasteiger partial charge in [0, 0.05) is 43.2 Å². The number of thiophene rings is 1. The van der Waals surface area contributed by atoms with Crippen LogP contribution >= 0.6 is 11.3 Å². The summed E-state index contributed by atoms with van der Waals surface area (Å²) in [7, 11) is 0. The van der Waals surface area contributed by atoms with Crippen LogP contribution in [0.3, 0.4) is 0 Å². The van der Waals surface area contributed by atoms with E-state index in [4.69, 9.17) is 0 Å². The molecule has 0 amide bonds. The third-order valence-corrected chi connectivity index (χ3v) is 18.0. The molecule has 0 bridgehead atoms. The summed E-state index contributed by atoms with van der Waals surface area (Å²) in [4.78, 5) is 5.45. The lowest BCUT2D eigenvalue weighted by atomic mass is 9.36. The highest BCUT2D eigenvalue weighted by molar-refractivity contribution is 7.33. The fraction of sp³-hybridized carbons (Fsp3) is 0.406. The molecule has 0 N–H and O–H groups in total. The van der Waals surface area contributed by atoms with Crippen molar-refractivity contribution in [2.24, 2.45) is 0 Å². The minimum absolute atomic E-state index is 0.00109. The standard InChI is InChI=1S/C64H73BN2S/c1-60(2,3)43-24-28-46(29-25-43)66-54-34-42(40-20-16-14-17-21-40)35-55-57(54)65(59-58(66)48-38-49-50(39-56(48)68-59)64(12,13)33-32-63(49,10)11)51-37-45(62(7,8)9)27-31-53(51)67(55)52-30-26-44(61(4,5)6)36-47(52)41-22-18-15-19-23-41/h15,18-19,22-31,34-40H,14,16-17,20-21,32-33H2,1-13H3. The van der Waals surface area contributed by atoms with Crippen LogP contribution < -0.4 is 25.5 Å². The second-order valence-electron chi connectivity index (χ2n) is 25.6. The highest BCUT2D eigenvalue weighted by Crippen LogP contribution is 2.54. The Hall–Kier alpha value is -5.06. The lowest BCUT2D eigenvalue weighted by molar-refractivity contribution is 0.332. The quantitative estimate of drug-likeness (QED) is 0.162. The molecular formula is C64H73BN2S. The molecule has 2 nitrogen and oxygen atoms in total. The van der Waals surface area contributed by atoms with Crippen LogP contribution in [0.4, 0.5) is 34.1 Å². The van der Waals surface area contributed by atoms with Crippen molar-refractivity contribution < 1.29 is 0 Å². The van der Waals surface area contributed by atoms with Crippen molar-refractivity contribution in [1.82, 2.24) is 0 Å². The fourth-order valence-corrected chi connectivity index (χ4v) is 13.7. The van der Waals surface area contributed by atoms with E-state index in [1.165, 1.54) is 149 Å². The third-order valence-electron chi connectivity index (χ3n) is 16.8. The van der Waals surface area contributed by atoms with Gasteiger partial charge >= 0.3 is 0 Å². The number of hydrogen-bond acceptors (Lipinski definition) is 3. The van der Waals surface area contributed by atoms with Gasteiger partial charge in [-0.3, -0.25) is 0 Å². The fourth-order valence-electron chi connectivity index (χ4n) is 12.4. The van der Waals surface area contributed by atoms with Crippen LogP contribution in [0.5, 0.6) is 0 Å². The van der Waals surface area contributed by atoms with Crippen LogP contribution in [0.25, 0.3) is 21.2 Å². The SMILES string of the molecule is CC(C)(C)c1ccc(N2c3cc(C4CCCCC4)cc4c3B(c3cc(C(C)(C)C)ccc3N4c3ccc(C(C)(C)C)cc3-c3ccccc3)c3sc4cc5c(cc4c32)C(C)(C)CCC5(C)C)cc1. The minimum Gasteiger partial charge on any atom is -0.311 e. The molecule has 0 spiro atoms. The third kappa shape index (κ3) is 7.41. The maximum Gasteiger partial charge on any atom is 0.264 e. The Morgan fingerprint density at radius 2 is 1.10 bits per heavy atom. The Labute approximate surface area is 413 Å². The summed E-state index contributed by atoms with van der Waals surface area (Å²) in [5.74, 6) is 0.521. The maximum absolute atomic E-state index is 2.74. The molecule has 4 aliphatic rings. The van der Waals surface area contributed by atoms with E-state index in [-0.39, 0.29) is 33.8 Å². The molecule has 3 heterocycles. The van der Waals surface area contributed by atoms with Crippen LogP contribution in [0.1, 0.15) is 174 Å². The Morgan fingerprint density at radius 3 is 1.72 bits per heavy atom. The molecule has 0 unspecified atom stereocenters. The first kappa shape index (κ1) is 45.4. The maximum atomic E-state index is 2.74. The van der Waals surface area contributed by atoms with Crippen molar-refractivity contribution in [3.05, 3.63) is 149 Å². The highest BCUT2D eigenvalue weighted by Gasteiger charge is 2.47. The van der Waals surface area contributed by atoms with Gasteiger partial charge in [-0.2, -0.15) is 0 Å². The van der Waals surface area contributed by atoms with Gasteiger partial charge in [0.05, 0.1) is 11.4 Å². The number of hydrogen-bond donors (Lipinski definition) is 0. The first-order valence-corrected chi connectivity index (χ1v) is 26.8. The van der Waals surface area contributed by atoms with E-state index < -0.39 is 0 Å². The molecule has 0 atom stereocenters. The molecule has 7 aromatic rings. The first-order chi connectivity index (χ1) is 32.1. The molecule has 0 radical (unpaired) electrons. The van der Waals surface area contributed by atoms with Crippen molar-refractivity contribution in [2.45, 2.75) is 168 Å². The topological polar surface area (TPSA) is 6.48 Å². The predicted octanol–water partition coefficient (Wildman–Crippen LogP) is 16.9. The van der Waals surface area contributed by atoms with E-state index in [0.717, 1.165) is 0 Å². The van der Waals surface area contributed by atoms with Gasteiger partial charge < -0.3 is 9.80 Å². The zero-order chi connectivity index (χ0) is 47.9. The van der Waals surface area contributed by atoms with Gasteiger partial charge in [0.1, 0.15) is 0 Å². The van der Waals surface area contributed by atoms with Crippen LogP contribution in [0, 0.1) is 0 Å². The molecule has 11 rings (SSSR count). The number of anilines is 6. The molecule has 1 fully saturated rings. The Morgan fingerprint density at radius 1 is 0.544 bits per heavy atom. The van der Waals surface area contributed by atoms with Crippen LogP contribution in [0.15, 0.2) is 115 Å². The molecule has 6 aromatic carbocycles. The molecule has 4 heteroatoms. The monoisotopic (exact) mass is 913 g/mol. The van der Waals surface area contributed by atoms with E-state index in [2.05, 4.69) is 226 Å². The zero-order valence-corrected chi connectivity index (χ0v) is 44.2. The van der Waals surface area contributed by atoms with Crippen LogP contribution in [0.2, 0.25) is 0 Å². The first-order valence-electron chi connectivity index (χ1n) is 25.9. The summed E-state index contributed by atoms with van der Waals surface area (Å²) >= 11 is 2.07. The van der Waals surface area contributed by atoms with Gasteiger partial charge in [0.15, 0.2) is 0 Å². The molecule has 68 heavy (non-hydrogen) atoms. The van der Waals surface area contributed by atoms with Crippen LogP contribution in [-0.4, -0.2) is 6.71 Å².